The molecule has 14 heavy (non-hydrogen) atoms. The average molecular weight is 197 g/mol. The molecule has 1 aromatic rings. The van der Waals surface area contributed by atoms with E-state index in [4.69, 9.17) is 0 Å². The first-order valence-electron chi connectivity index (χ1n) is 4.33. The van der Waals surface area contributed by atoms with Crippen molar-refractivity contribution in [3.8, 4) is 0 Å². The molecule has 0 aromatic heterocycles. The summed E-state index contributed by atoms with van der Waals surface area (Å²) in [5.74, 6) is 0. The predicted molar refractivity (Wildman–Crippen MR) is 55.8 cm³/mol. The minimum atomic E-state index is -2.46. The third-order valence-corrected chi connectivity index (χ3v) is 2.06. The number of hydrogen-bond acceptors (Lipinski definition) is 1. The van der Waals surface area contributed by atoms with Gasteiger partial charge in [0.05, 0.1) is 0 Å². The van der Waals surface area contributed by atoms with Gasteiger partial charge in [-0.3, -0.25) is 0 Å². The summed E-state index contributed by atoms with van der Waals surface area (Å²) in [5.41, 5.74) is 2.02. The van der Waals surface area contributed by atoms with Crippen LogP contribution in [0.2, 0.25) is 0 Å². The van der Waals surface area contributed by atoms with Crippen LogP contribution in [0.15, 0.2) is 18.7 Å². The zero-order chi connectivity index (χ0) is 10.7. The molecule has 0 fully saturated rings. The van der Waals surface area contributed by atoms with Gasteiger partial charge in [0.25, 0.3) is 6.43 Å². The fourth-order valence-corrected chi connectivity index (χ4v) is 1.44. The lowest BCUT2D eigenvalue weighted by Crippen LogP contribution is -1.98. The van der Waals surface area contributed by atoms with E-state index in [0.29, 0.717) is 11.3 Å². The second kappa shape index (κ2) is 4.22. The Morgan fingerprint density at radius 1 is 1.43 bits per heavy atom. The van der Waals surface area contributed by atoms with E-state index in [1.807, 2.05) is 6.07 Å². The molecule has 0 heterocycles. The summed E-state index contributed by atoms with van der Waals surface area (Å²) in [4.78, 5) is 0. The molecule has 0 aliphatic rings. The second-order valence-electron chi connectivity index (χ2n) is 3.07. The van der Waals surface area contributed by atoms with E-state index in [1.54, 1.807) is 14.0 Å². The minimum Gasteiger partial charge on any atom is -0.388 e. The van der Waals surface area contributed by atoms with E-state index in [0.717, 1.165) is 5.56 Å². The van der Waals surface area contributed by atoms with Crippen LogP contribution in [0.1, 0.15) is 23.1 Å². The van der Waals surface area contributed by atoms with Crippen LogP contribution >= 0.6 is 0 Å². The molecule has 1 aromatic carbocycles. The lowest BCUT2D eigenvalue weighted by Gasteiger charge is -2.12. The summed E-state index contributed by atoms with van der Waals surface area (Å²) >= 11 is 0. The molecule has 0 bridgehead atoms. The van der Waals surface area contributed by atoms with Crippen LogP contribution in [0.5, 0.6) is 0 Å². The van der Waals surface area contributed by atoms with Crippen molar-refractivity contribution in [2.45, 2.75) is 13.3 Å². The molecule has 0 saturated heterocycles. The van der Waals surface area contributed by atoms with Gasteiger partial charge in [-0.1, -0.05) is 12.7 Å². The highest BCUT2D eigenvalue weighted by molar-refractivity contribution is 5.69. The largest absolute Gasteiger partial charge is 0.388 e. The van der Waals surface area contributed by atoms with E-state index in [2.05, 4.69) is 11.9 Å². The summed E-state index contributed by atoms with van der Waals surface area (Å²) in [5, 5.41) is 2.88. The van der Waals surface area contributed by atoms with Crippen LogP contribution in [0, 0.1) is 6.92 Å². The van der Waals surface area contributed by atoms with Crippen LogP contribution in [0.3, 0.4) is 0 Å². The zero-order valence-corrected chi connectivity index (χ0v) is 8.27. The highest BCUT2D eigenvalue weighted by Crippen LogP contribution is 2.30. The second-order valence-corrected chi connectivity index (χ2v) is 3.07. The Hall–Kier alpha value is -1.38. The molecule has 1 rings (SSSR count). The fraction of sp³-hybridized carbons (Fsp3) is 0.273. The summed E-state index contributed by atoms with van der Waals surface area (Å²) in [7, 11) is 1.71. The monoisotopic (exact) mass is 197 g/mol. The quantitative estimate of drug-likeness (QED) is 0.780. The Morgan fingerprint density at radius 2 is 2.07 bits per heavy atom. The van der Waals surface area contributed by atoms with Crippen molar-refractivity contribution in [1.29, 1.82) is 0 Å². The SMILES string of the molecule is C=Cc1c(NC)cc(C)cc1C(F)F. The number of anilines is 1. The summed E-state index contributed by atoms with van der Waals surface area (Å²) < 4.78 is 25.3. The highest BCUT2D eigenvalue weighted by atomic mass is 19.3. The van der Waals surface area contributed by atoms with Gasteiger partial charge in [0.2, 0.25) is 0 Å². The standard InChI is InChI=1S/C11H13F2N/c1-4-8-9(11(12)13)5-7(2)6-10(8)14-3/h4-6,11,14H,1H2,2-3H3. The van der Waals surface area contributed by atoms with Gasteiger partial charge in [0.15, 0.2) is 0 Å². The highest BCUT2D eigenvalue weighted by Gasteiger charge is 2.14. The lowest BCUT2D eigenvalue weighted by atomic mass is 10.0. The van der Waals surface area contributed by atoms with Gasteiger partial charge in [0, 0.05) is 23.9 Å². The van der Waals surface area contributed by atoms with Crippen molar-refractivity contribution in [1.82, 2.24) is 0 Å². The molecule has 0 aliphatic carbocycles. The molecule has 1 N–H and O–H groups in total. The van der Waals surface area contributed by atoms with Crippen LogP contribution in [0.25, 0.3) is 6.08 Å². The van der Waals surface area contributed by atoms with Crippen LogP contribution < -0.4 is 5.32 Å². The van der Waals surface area contributed by atoms with Crippen molar-refractivity contribution in [3.63, 3.8) is 0 Å². The third-order valence-electron chi connectivity index (χ3n) is 2.06. The molecule has 0 atom stereocenters. The Balaban J connectivity index is 3.39. The van der Waals surface area contributed by atoms with E-state index < -0.39 is 6.43 Å². The number of halogens is 2. The molecule has 0 amide bonds. The van der Waals surface area contributed by atoms with Crippen molar-refractivity contribution < 1.29 is 8.78 Å². The van der Waals surface area contributed by atoms with Gasteiger partial charge in [-0.25, -0.2) is 8.78 Å². The molecule has 3 heteroatoms. The van der Waals surface area contributed by atoms with Crippen LogP contribution in [-0.2, 0) is 0 Å². The molecule has 0 spiro atoms. The van der Waals surface area contributed by atoms with Gasteiger partial charge in [-0.15, -0.1) is 0 Å². The Labute approximate surface area is 82.4 Å². The summed E-state index contributed by atoms with van der Waals surface area (Å²) in [6.07, 6.45) is -1.01. The first-order valence-corrected chi connectivity index (χ1v) is 4.33. The number of nitrogens with one attached hydrogen (secondary N) is 1. The molecular formula is C11H13F2N. The Bertz CT molecular complexity index is 345. The van der Waals surface area contributed by atoms with Crippen LogP contribution in [-0.4, -0.2) is 7.05 Å². The van der Waals surface area contributed by atoms with Crippen LogP contribution in [0.4, 0.5) is 14.5 Å². The predicted octanol–water partition coefficient (Wildman–Crippen LogP) is 3.62. The maximum atomic E-state index is 12.6. The Kier molecular flexibility index (Phi) is 3.23. The van der Waals surface area contributed by atoms with Gasteiger partial charge in [-0.2, -0.15) is 0 Å². The van der Waals surface area contributed by atoms with E-state index in [-0.39, 0.29) is 5.56 Å². The molecular weight excluding hydrogens is 184 g/mol. The molecule has 0 saturated carbocycles. The van der Waals surface area contributed by atoms with E-state index in [1.165, 1.54) is 12.1 Å². The number of rotatable bonds is 3. The molecule has 0 unspecified atom stereocenters. The topological polar surface area (TPSA) is 12.0 Å². The van der Waals surface area contributed by atoms with Gasteiger partial charge < -0.3 is 5.32 Å². The first kappa shape index (κ1) is 10.7. The molecule has 1 nitrogen and oxygen atoms in total. The number of aryl methyl sites for hydroxylation is 1. The van der Waals surface area contributed by atoms with E-state index >= 15 is 0 Å². The molecule has 76 valence electrons. The fourth-order valence-electron chi connectivity index (χ4n) is 1.44. The molecule has 0 aliphatic heterocycles. The average Bonchev–Trinajstić information content (AvgIpc) is 2.16. The van der Waals surface area contributed by atoms with Crippen molar-refractivity contribution >= 4 is 11.8 Å². The van der Waals surface area contributed by atoms with Gasteiger partial charge in [0.1, 0.15) is 0 Å². The third kappa shape index (κ3) is 1.92. The van der Waals surface area contributed by atoms with Gasteiger partial charge >= 0.3 is 0 Å². The lowest BCUT2D eigenvalue weighted by molar-refractivity contribution is 0.151. The Morgan fingerprint density at radius 3 is 2.50 bits per heavy atom. The summed E-state index contributed by atoms with van der Waals surface area (Å²) in [6, 6.07) is 3.31. The first-order chi connectivity index (χ1) is 6.60. The van der Waals surface area contributed by atoms with Crippen molar-refractivity contribution in [2.24, 2.45) is 0 Å². The molecule has 0 radical (unpaired) electrons. The zero-order valence-electron chi connectivity index (χ0n) is 8.27. The number of alkyl halides is 2. The van der Waals surface area contributed by atoms with Crippen molar-refractivity contribution in [2.75, 3.05) is 12.4 Å². The summed E-state index contributed by atoms with van der Waals surface area (Å²) in [6.45, 7) is 5.33. The minimum absolute atomic E-state index is 0.0318. The smallest absolute Gasteiger partial charge is 0.264 e. The number of benzene rings is 1. The number of hydrogen-bond donors (Lipinski definition) is 1. The maximum Gasteiger partial charge on any atom is 0.264 e. The van der Waals surface area contributed by atoms with Gasteiger partial charge in [-0.05, 0) is 24.6 Å². The van der Waals surface area contributed by atoms with E-state index in [9.17, 15) is 8.78 Å². The maximum absolute atomic E-state index is 12.6. The van der Waals surface area contributed by atoms with Crippen molar-refractivity contribution in [3.05, 3.63) is 35.4 Å². The normalized spacial score (nSPS) is 10.4.